The molecule has 0 spiro atoms. The van der Waals surface area contributed by atoms with E-state index in [0.717, 1.165) is 29.0 Å². The molecule has 0 aliphatic carbocycles. The summed E-state index contributed by atoms with van der Waals surface area (Å²) in [5.41, 5.74) is 0.737. The topological polar surface area (TPSA) is 63.9 Å². The van der Waals surface area contributed by atoms with E-state index in [1.165, 1.54) is 0 Å². The molecule has 1 saturated heterocycles. The van der Waals surface area contributed by atoms with Crippen molar-refractivity contribution < 1.29 is 19.0 Å². The Kier molecular flexibility index (Phi) is 3.65. The van der Waals surface area contributed by atoms with Crippen LogP contribution >= 0.6 is 0 Å². The Balaban J connectivity index is 1.63. The Labute approximate surface area is 117 Å². The second kappa shape index (κ2) is 5.44. The number of ether oxygens (including phenoxy) is 2. The molecule has 0 radical (unpaired) electrons. The van der Waals surface area contributed by atoms with Gasteiger partial charge in [0.15, 0.2) is 0 Å². The third kappa shape index (κ3) is 2.52. The van der Waals surface area contributed by atoms with E-state index in [0.29, 0.717) is 19.8 Å². The van der Waals surface area contributed by atoms with Gasteiger partial charge in [0.2, 0.25) is 0 Å². The van der Waals surface area contributed by atoms with E-state index in [1.54, 1.807) is 7.11 Å². The molecule has 0 bridgehead atoms. The number of fused-ring (bicyclic) bond motifs is 1. The molecule has 3 rings (SSSR count). The maximum Gasteiger partial charge on any atom is 0.134 e. The van der Waals surface area contributed by atoms with Gasteiger partial charge in [0.1, 0.15) is 17.1 Å². The number of furan rings is 1. The summed E-state index contributed by atoms with van der Waals surface area (Å²) in [6.07, 6.45) is 0. The fourth-order valence-corrected chi connectivity index (χ4v) is 2.38. The summed E-state index contributed by atoms with van der Waals surface area (Å²) in [4.78, 5) is 0. The van der Waals surface area contributed by atoms with Crippen LogP contribution in [0.4, 0.5) is 0 Å². The second-order valence-electron chi connectivity index (χ2n) is 5.37. The van der Waals surface area contributed by atoms with Crippen molar-refractivity contribution in [3.05, 3.63) is 30.0 Å². The summed E-state index contributed by atoms with van der Waals surface area (Å²) < 4.78 is 16.1. The van der Waals surface area contributed by atoms with Crippen LogP contribution in [0.2, 0.25) is 0 Å². The third-order valence-corrected chi connectivity index (χ3v) is 3.73. The lowest BCUT2D eigenvalue weighted by atomic mass is 9.87. The van der Waals surface area contributed by atoms with E-state index in [-0.39, 0.29) is 12.0 Å². The molecule has 0 atom stereocenters. The first kappa shape index (κ1) is 13.4. The van der Waals surface area contributed by atoms with Crippen molar-refractivity contribution in [2.75, 3.05) is 33.5 Å². The van der Waals surface area contributed by atoms with Gasteiger partial charge in [-0.05, 0) is 24.3 Å². The van der Waals surface area contributed by atoms with Crippen LogP contribution in [-0.2, 0) is 11.3 Å². The smallest absolute Gasteiger partial charge is 0.134 e. The summed E-state index contributed by atoms with van der Waals surface area (Å²) in [6.45, 7) is 2.75. The molecule has 1 fully saturated rings. The average Bonchev–Trinajstić information content (AvgIpc) is 2.83. The van der Waals surface area contributed by atoms with E-state index in [4.69, 9.17) is 13.9 Å². The van der Waals surface area contributed by atoms with Gasteiger partial charge in [-0.1, -0.05) is 0 Å². The number of aliphatic hydroxyl groups excluding tert-OH is 1. The molecule has 108 valence electrons. The van der Waals surface area contributed by atoms with Crippen LogP contribution in [0, 0.1) is 5.41 Å². The molecule has 0 saturated carbocycles. The highest BCUT2D eigenvalue weighted by Crippen LogP contribution is 2.26. The monoisotopic (exact) mass is 277 g/mol. The summed E-state index contributed by atoms with van der Waals surface area (Å²) >= 11 is 0. The van der Waals surface area contributed by atoms with Gasteiger partial charge in [0, 0.05) is 11.9 Å². The lowest BCUT2D eigenvalue weighted by Gasteiger charge is -2.39. The Morgan fingerprint density at radius 2 is 2.20 bits per heavy atom. The Bertz CT molecular complexity index is 583. The van der Waals surface area contributed by atoms with Crippen LogP contribution in [0.3, 0.4) is 0 Å². The molecule has 20 heavy (non-hydrogen) atoms. The van der Waals surface area contributed by atoms with Gasteiger partial charge in [-0.15, -0.1) is 0 Å². The summed E-state index contributed by atoms with van der Waals surface area (Å²) in [6, 6.07) is 7.76. The molecule has 2 N–H and O–H groups in total. The number of methoxy groups -OCH3 is 1. The van der Waals surface area contributed by atoms with Crippen LogP contribution in [-0.4, -0.2) is 38.6 Å². The summed E-state index contributed by atoms with van der Waals surface area (Å²) in [5, 5.41) is 13.7. The average molecular weight is 277 g/mol. The molecular weight excluding hydrogens is 258 g/mol. The maximum absolute atomic E-state index is 9.35. The van der Waals surface area contributed by atoms with E-state index >= 15 is 0 Å². The predicted molar refractivity (Wildman–Crippen MR) is 74.8 cm³/mol. The molecule has 2 aromatic rings. The quantitative estimate of drug-likeness (QED) is 0.838. The van der Waals surface area contributed by atoms with Gasteiger partial charge in [0.05, 0.1) is 38.9 Å². The number of rotatable bonds is 6. The molecular formula is C15H19NO4. The molecule has 1 aromatic heterocycles. The zero-order chi connectivity index (χ0) is 14.0. The van der Waals surface area contributed by atoms with E-state index in [9.17, 15) is 5.11 Å². The minimum atomic E-state index is -0.116. The Morgan fingerprint density at radius 1 is 1.35 bits per heavy atom. The molecule has 0 unspecified atom stereocenters. The second-order valence-corrected chi connectivity index (χ2v) is 5.37. The number of benzene rings is 1. The van der Waals surface area contributed by atoms with Crippen molar-refractivity contribution in [2.45, 2.75) is 6.54 Å². The Morgan fingerprint density at radius 3 is 2.85 bits per heavy atom. The van der Waals surface area contributed by atoms with E-state index in [1.807, 2.05) is 24.3 Å². The van der Waals surface area contributed by atoms with Crippen molar-refractivity contribution in [1.82, 2.24) is 5.32 Å². The minimum Gasteiger partial charge on any atom is -0.497 e. The van der Waals surface area contributed by atoms with Crippen molar-refractivity contribution in [1.29, 1.82) is 0 Å². The van der Waals surface area contributed by atoms with Crippen molar-refractivity contribution >= 4 is 11.0 Å². The molecule has 1 aromatic carbocycles. The van der Waals surface area contributed by atoms with Crippen molar-refractivity contribution in [2.24, 2.45) is 5.41 Å². The largest absolute Gasteiger partial charge is 0.497 e. The summed E-state index contributed by atoms with van der Waals surface area (Å²) in [7, 11) is 1.65. The van der Waals surface area contributed by atoms with Crippen LogP contribution in [0.25, 0.3) is 11.0 Å². The van der Waals surface area contributed by atoms with Crippen molar-refractivity contribution in [3.8, 4) is 5.75 Å². The fourth-order valence-electron chi connectivity index (χ4n) is 2.38. The standard InChI is InChI=1S/C15H19NO4/c1-18-12-2-3-14-11(4-12)5-13(20-14)6-16-7-15(8-17)9-19-10-15/h2-5,16-17H,6-10H2,1H3. The predicted octanol–water partition coefficient (Wildman–Crippen LogP) is 1.54. The fraction of sp³-hybridized carbons (Fsp3) is 0.467. The zero-order valence-electron chi connectivity index (χ0n) is 11.5. The minimum absolute atomic E-state index is 0.116. The number of aliphatic hydroxyl groups is 1. The van der Waals surface area contributed by atoms with Gasteiger partial charge in [-0.25, -0.2) is 0 Å². The highest BCUT2D eigenvalue weighted by Gasteiger charge is 2.37. The highest BCUT2D eigenvalue weighted by atomic mass is 16.5. The first-order chi connectivity index (χ1) is 9.74. The van der Waals surface area contributed by atoms with E-state index < -0.39 is 0 Å². The van der Waals surface area contributed by atoms with Gasteiger partial charge in [-0.3, -0.25) is 0 Å². The lowest BCUT2D eigenvalue weighted by Crippen LogP contribution is -2.52. The third-order valence-electron chi connectivity index (χ3n) is 3.73. The normalized spacial score (nSPS) is 17.1. The zero-order valence-corrected chi connectivity index (χ0v) is 11.5. The maximum atomic E-state index is 9.35. The van der Waals surface area contributed by atoms with Crippen molar-refractivity contribution in [3.63, 3.8) is 0 Å². The summed E-state index contributed by atoms with van der Waals surface area (Å²) in [5.74, 6) is 1.70. The molecule has 2 heterocycles. The van der Waals surface area contributed by atoms with Gasteiger partial charge in [0.25, 0.3) is 0 Å². The van der Waals surface area contributed by atoms with Crippen LogP contribution in [0.1, 0.15) is 5.76 Å². The lowest BCUT2D eigenvalue weighted by molar-refractivity contribution is -0.134. The molecule has 1 aliphatic rings. The first-order valence-corrected chi connectivity index (χ1v) is 6.70. The number of hydrogen-bond acceptors (Lipinski definition) is 5. The first-order valence-electron chi connectivity index (χ1n) is 6.70. The number of hydrogen-bond donors (Lipinski definition) is 2. The molecule has 5 heteroatoms. The van der Waals surface area contributed by atoms with Gasteiger partial charge < -0.3 is 24.3 Å². The number of nitrogens with one attached hydrogen (secondary N) is 1. The molecule has 1 aliphatic heterocycles. The van der Waals surface area contributed by atoms with Crippen LogP contribution in [0.5, 0.6) is 5.75 Å². The molecule has 0 amide bonds. The molecule has 5 nitrogen and oxygen atoms in total. The van der Waals surface area contributed by atoms with E-state index in [2.05, 4.69) is 5.32 Å². The highest BCUT2D eigenvalue weighted by molar-refractivity contribution is 5.79. The SMILES string of the molecule is COc1ccc2oc(CNCC3(CO)COC3)cc2c1. The van der Waals surface area contributed by atoms with Gasteiger partial charge in [-0.2, -0.15) is 0 Å². The van der Waals surface area contributed by atoms with Crippen LogP contribution in [0.15, 0.2) is 28.7 Å². The Hall–Kier alpha value is -1.56. The van der Waals surface area contributed by atoms with Crippen LogP contribution < -0.4 is 10.1 Å². The van der Waals surface area contributed by atoms with Gasteiger partial charge >= 0.3 is 0 Å².